The molecule has 8 nitrogen and oxygen atoms in total. The predicted octanol–water partition coefficient (Wildman–Crippen LogP) is -1.57. The zero-order valence-corrected chi connectivity index (χ0v) is 16.2. The average molecular weight is 367 g/mol. The second-order valence-electron chi connectivity index (χ2n) is 8.49. The Kier molecular flexibility index (Phi) is 4.96. The fourth-order valence-corrected chi connectivity index (χ4v) is 5.23. The molecular formula is C18H34N6O2+2. The Balaban J connectivity index is 1.53. The number of carbonyl (C=O) groups is 2. The summed E-state index contributed by atoms with van der Waals surface area (Å²) in [5, 5.41) is 0. The van der Waals surface area contributed by atoms with E-state index in [1.54, 1.807) is 9.80 Å². The lowest BCUT2D eigenvalue weighted by atomic mass is 10.1. The molecule has 0 saturated carbocycles. The molecule has 2 atom stereocenters. The van der Waals surface area contributed by atoms with Gasteiger partial charge in [-0.1, -0.05) is 0 Å². The number of hydrogen-bond acceptors (Lipinski definition) is 2. The van der Waals surface area contributed by atoms with Crippen molar-refractivity contribution in [2.75, 3.05) is 53.6 Å². The van der Waals surface area contributed by atoms with Crippen LogP contribution >= 0.6 is 0 Å². The van der Waals surface area contributed by atoms with E-state index in [0.717, 1.165) is 39.5 Å². The van der Waals surface area contributed by atoms with E-state index in [9.17, 15) is 9.59 Å². The zero-order chi connectivity index (χ0) is 18.3. The number of hydrogen-bond donors (Lipinski definition) is 2. The summed E-state index contributed by atoms with van der Waals surface area (Å²) < 4.78 is 0. The second-order valence-corrected chi connectivity index (χ2v) is 8.49. The van der Waals surface area contributed by atoms with Gasteiger partial charge in [0.2, 0.25) is 0 Å². The molecule has 0 aliphatic carbocycles. The van der Waals surface area contributed by atoms with Crippen LogP contribution in [0.1, 0.15) is 38.5 Å². The zero-order valence-electron chi connectivity index (χ0n) is 16.2. The van der Waals surface area contributed by atoms with Crippen LogP contribution in [0.25, 0.3) is 0 Å². The number of piperidine rings is 2. The van der Waals surface area contributed by atoms with Gasteiger partial charge in [-0.25, -0.2) is 9.59 Å². The molecule has 0 bridgehead atoms. The molecule has 146 valence electrons. The lowest BCUT2D eigenvalue weighted by Crippen LogP contribution is -3.15. The predicted molar refractivity (Wildman–Crippen MR) is 96.4 cm³/mol. The lowest BCUT2D eigenvalue weighted by molar-refractivity contribution is -0.915. The van der Waals surface area contributed by atoms with Crippen molar-refractivity contribution in [2.24, 2.45) is 0 Å². The second kappa shape index (κ2) is 7.23. The topological polar surface area (TPSA) is 56.0 Å². The monoisotopic (exact) mass is 366 g/mol. The molecule has 4 heterocycles. The highest BCUT2D eigenvalue weighted by molar-refractivity contribution is 5.84. The summed E-state index contributed by atoms with van der Waals surface area (Å²) in [6.45, 7) is 5.96. The Morgan fingerprint density at radius 2 is 1.08 bits per heavy atom. The van der Waals surface area contributed by atoms with Gasteiger partial charge in [-0.05, 0) is 38.5 Å². The Labute approximate surface area is 156 Å². The van der Waals surface area contributed by atoms with Gasteiger partial charge in [0.1, 0.15) is 0 Å². The number of likely N-dealkylation sites (N-methyl/N-ethyl adjacent to an activating group) is 2. The van der Waals surface area contributed by atoms with Crippen LogP contribution < -0.4 is 9.80 Å². The van der Waals surface area contributed by atoms with Crippen LogP contribution in [0.3, 0.4) is 0 Å². The number of urea groups is 2. The molecule has 0 unspecified atom stereocenters. The molecule has 0 aromatic heterocycles. The minimum absolute atomic E-state index is 0.0183. The molecule has 4 rings (SSSR count). The molecule has 8 heteroatoms. The van der Waals surface area contributed by atoms with Gasteiger partial charge in [0, 0.05) is 14.1 Å². The van der Waals surface area contributed by atoms with E-state index in [2.05, 4.69) is 0 Å². The van der Waals surface area contributed by atoms with Crippen molar-refractivity contribution in [3.8, 4) is 0 Å². The quantitative estimate of drug-likeness (QED) is 0.631. The molecule has 4 aliphatic rings. The number of nitrogens with one attached hydrogen (secondary N) is 2. The number of carbonyl (C=O) groups excluding carboxylic acids is 2. The molecule has 2 N–H and O–H groups in total. The van der Waals surface area contributed by atoms with E-state index < -0.39 is 0 Å². The van der Waals surface area contributed by atoms with E-state index in [1.165, 1.54) is 48.3 Å². The van der Waals surface area contributed by atoms with E-state index in [4.69, 9.17) is 0 Å². The minimum Gasteiger partial charge on any atom is -0.318 e. The summed E-state index contributed by atoms with van der Waals surface area (Å²) in [5.41, 5.74) is 0. The summed E-state index contributed by atoms with van der Waals surface area (Å²) in [5.74, 6) is 0. The van der Waals surface area contributed by atoms with Crippen LogP contribution in [0, 0.1) is 0 Å². The third kappa shape index (κ3) is 3.03. The third-order valence-electron chi connectivity index (χ3n) is 6.70. The van der Waals surface area contributed by atoms with E-state index in [1.807, 2.05) is 23.9 Å². The number of nitrogens with zero attached hydrogens (tertiary/aromatic N) is 4. The summed E-state index contributed by atoms with van der Waals surface area (Å²) in [6, 6.07) is 0.132. The number of amides is 4. The molecule has 26 heavy (non-hydrogen) atoms. The van der Waals surface area contributed by atoms with Crippen LogP contribution in [0.4, 0.5) is 9.59 Å². The van der Waals surface area contributed by atoms with Crippen LogP contribution in [-0.2, 0) is 0 Å². The molecule has 0 radical (unpaired) electrons. The smallest absolute Gasteiger partial charge is 0.318 e. The maximum atomic E-state index is 13.3. The highest BCUT2D eigenvalue weighted by atomic mass is 16.2. The first kappa shape index (κ1) is 17.9. The van der Waals surface area contributed by atoms with Crippen molar-refractivity contribution < 1.29 is 19.4 Å². The maximum Gasteiger partial charge on any atom is 0.332 e. The fourth-order valence-electron chi connectivity index (χ4n) is 5.23. The molecule has 4 amide bonds. The molecular weight excluding hydrogens is 332 g/mol. The maximum absolute atomic E-state index is 13.3. The van der Waals surface area contributed by atoms with Crippen LogP contribution in [0.15, 0.2) is 0 Å². The van der Waals surface area contributed by atoms with Crippen molar-refractivity contribution in [3.63, 3.8) is 0 Å². The van der Waals surface area contributed by atoms with Gasteiger partial charge in [0.15, 0.2) is 25.7 Å². The first-order valence-electron chi connectivity index (χ1n) is 10.3. The Morgan fingerprint density at radius 3 is 1.46 bits per heavy atom. The molecule has 0 aromatic carbocycles. The summed E-state index contributed by atoms with van der Waals surface area (Å²) in [6.07, 6.45) is 7.24. The lowest BCUT2D eigenvalue weighted by Gasteiger charge is -2.32. The molecule has 4 saturated heterocycles. The van der Waals surface area contributed by atoms with Gasteiger partial charge in [0.05, 0.1) is 26.2 Å². The van der Waals surface area contributed by atoms with Gasteiger partial charge in [-0.15, -0.1) is 0 Å². The van der Waals surface area contributed by atoms with E-state index in [-0.39, 0.29) is 24.4 Å². The minimum atomic E-state index is -0.154. The average Bonchev–Trinajstić information content (AvgIpc) is 3.05. The van der Waals surface area contributed by atoms with Gasteiger partial charge < -0.3 is 19.6 Å². The highest BCUT2D eigenvalue weighted by Crippen LogP contribution is 2.31. The van der Waals surface area contributed by atoms with Gasteiger partial charge in [0.25, 0.3) is 0 Å². The van der Waals surface area contributed by atoms with Crippen molar-refractivity contribution in [1.82, 2.24) is 19.6 Å². The molecule has 0 aromatic rings. The number of rotatable bonds is 4. The highest BCUT2D eigenvalue weighted by Gasteiger charge is 2.58. The largest absolute Gasteiger partial charge is 0.332 e. The number of likely N-dealkylation sites (tertiary alicyclic amines) is 2. The van der Waals surface area contributed by atoms with Crippen LogP contribution in [0.5, 0.6) is 0 Å². The SMILES string of the molecule is CN1C(=O)N(C)[C@@H]2[C@@H]1N(C[NH+]1CCCCC1)C(=O)N2C[NH+]1CCCCC1. The van der Waals surface area contributed by atoms with Crippen molar-refractivity contribution >= 4 is 12.1 Å². The van der Waals surface area contributed by atoms with Crippen molar-refractivity contribution in [1.29, 1.82) is 0 Å². The van der Waals surface area contributed by atoms with Crippen molar-refractivity contribution in [3.05, 3.63) is 0 Å². The first-order valence-corrected chi connectivity index (χ1v) is 10.3. The van der Waals surface area contributed by atoms with Gasteiger partial charge in [-0.2, -0.15) is 0 Å². The van der Waals surface area contributed by atoms with E-state index >= 15 is 0 Å². The Hall–Kier alpha value is -1.54. The summed E-state index contributed by atoms with van der Waals surface area (Å²) >= 11 is 0. The van der Waals surface area contributed by atoms with Crippen molar-refractivity contribution in [2.45, 2.75) is 50.9 Å². The van der Waals surface area contributed by atoms with Crippen LogP contribution in [-0.4, -0.2) is 97.6 Å². The Morgan fingerprint density at radius 1 is 0.692 bits per heavy atom. The Bertz CT molecular complexity index is 502. The first-order chi connectivity index (χ1) is 12.6. The van der Waals surface area contributed by atoms with E-state index in [0.29, 0.717) is 0 Å². The molecule has 4 fully saturated rings. The normalized spacial score (nSPS) is 31.3. The molecule has 4 aliphatic heterocycles. The summed E-state index contributed by atoms with van der Waals surface area (Å²) in [7, 11) is 3.68. The van der Waals surface area contributed by atoms with Gasteiger partial charge in [-0.3, -0.25) is 9.80 Å². The standard InChI is InChI=1S/C18H32N6O2/c1-19-15-16(20(2)17(19)25)24(14-22-11-7-4-8-12-22)18(26)23(15)13-21-9-5-3-6-10-21/h15-16H,3-14H2,1-2H3/p+2/t15-,16-/m0/s1. The van der Waals surface area contributed by atoms with Gasteiger partial charge >= 0.3 is 12.1 Å². The number of fused-ring (bicyclic) bond motifs is 1. The number of quaternary nitrogens is 2. The fraction of sp³-hybridized carbons (Fsp3) is 0.889. The summed E-state index contributed by atoms with van der Waals surface area (Å²) in [4.78, 5) is 36.3. The van der Waals surface area contributed by atoms with Crippen LogP contribution in [0.2, 0.25) is 0 Å². The molecule has 0 spiro atoms. The third-order valence-corrected chi connectivity index (χ3v) is 6.70.